The molecule has 0 amide bonds. The molecular weight excluding hydrogens is 251 g/mol. The summed E-state index contributed by atoms with van der Waals surface area (Å²) in [4.78, 5) is 11.2. The van der Waals surface area contributed by atoms with Crippen LogP contribution in [0.4, 0.5) is 4.39 Å². The molecular formula is C11H12ClFO2S. The number of aliphatic carboxylic acids is 1. The van der Waals surface area contributed by atoms with E-state index in [4.69, 9.17) is 16.7 Å². The van der Waals surface area contributed by atoms with Crippen molar-refractivity contribution in [1.29, 1.82) is 0 Å². The minimum absolute atomic E-state index is 0.291. The van der Waals surface area contributed by atoms with E-state index in [1.165, 1.54) is 18.2 Å². The zero-order valence-corrected chi connectivity index (χ0v) is 10.5. The Bertz CT molecular complexity index is 407. The molecule has 0 radical (unpaired) electrons. The Morgan fingerprint density at radius 3 is 2.75 bits per heavy atom. The number of carboxylic acid groups (broad SMARTS) is 1. The first-order valence-electron chi connectivity index (χ1n) is 4.64. The van der Waals surface area contributed by atoms with Gasteiger partial charge in [0.2, 0.25) is 0 Å². The van der Waals surface area contributed by atoms with E-state index < -0.39 is 11.4 Å². The van der Waals surface area contributed by atoms with Gasteiger partial charge in [0.1, 0.15) is 5.82 Å². The fourth-order valence-corrected chi connectivity index (χ4v) is 2.20. The first kappa shape index (κ1) is 13.3. The maximum Gasteiger partial charge on any atom is 0.309 e. The van der Waals surface area contributed by atoms with Gasteiger partial charge >= 0.3 is 5.97 Å². The van der Waals surface area contributed by atoms with Gasteiger partial charge in [0.15, 0.2) is 0 Å². The average molecular weight is 263 g/mol. The second kappa shape index (κ2) is 5.06. The molecule has 1 aromatic carbocycles. The molecule has 0 aliphatic heterocycles. The number of carboxylic acids is 1. The summed E-state index contributed by atoms with van der Waals surface area (Å²) in [6.45, 7) is 3.20. The predicted molar refractivity (Wildman–Crippen MR) is 63.6 cm³/mol. The molecule has 0 aromatic heterocycles. The number of thioether (sulfide) groups is 1. The van der Waals surface area contributed by atoms with Crippen LogP contribution in [0.25, 0.3) is 0 Å². The van der Waals surface area contributed by atoms with Crippen LogP contribution in [-0.2, 0) is 4.79 Å². The third-order valence-corrected chi connectivity index (χ3v) is 3.79. The molecule has 0 atom stereocenters. The van der Waals surface area contributed by atoms with Crippen molar-refractivity contribution in [2.24, 2.45) is 5.41 Å². The molecule has 0 saturated heterocycles. The third-order valence-electron chi connectivity index (χ3n) is 2.06. The lowest BCUT2D eigenvalue weighted by Crippen LogP contribution is -2.26. The Hall–Kier alpha value is -0.740. The molecule has 1 rings (SSSR count). The zero-order valence-electron chi connectivity index (χ0n) is 8.96. The van der Waals surface area contributed by atoms with Crippen molar-refractivity contribution in [3.05, 3.63) is 29.0 Å². The smallest absolute Gasteiger partial charge is 0.309 e. The van der Waals surface area contributed by atoms with Gasteiger partial charge in [-0.3, -0.25) is 4.79 Å². The van der Waals surface area contributed by atoms with Gasteiger partial charge in [0, 0.05) is 15.7 Å². The molecule has 16 heavy (non-hydrogen) atoms. The number of hydrogen-bond acceptors (Lipinski definition) is 2. The lowest BCUT2D eigenvalue weighted by Gasteiger charge is -2.18. The molecule has 1 aromatic rings. The quantitative estimate of drug-likeness (QED) is 0.841. The van der Waals surface area contributed by atoms with E-state index in [1.807, 2.05) is 0 Å². The van der Waals surface area contributed by atoms with Crippen molar-refractivity contribution in [2.45, 2.75) is 18.7 Å². The van der Waals surface area contributed by atoms with E-state index in [9.17, 15) is 9.18 Å². The summed E-state index contributed by atoms with van der Waals surface area (Å²) in [7, 11) is 0. The monoisotopic (exact) mass is 262 g/mol. The van der Waals surface area contributed by atoms with Gasteiger partial charge in [0.05, 0.1) is 5.41 Å². The van der Waals surface area contributed by atoms with Crippen LogP contribution in [0.3, 0.4) is 0 Å². The van der Waals surface area contributed by atoms with E-state index in [2.05, 4.69) is 0 Å². The highest BCUT2D eigenvalue weighted by atomic mass is 35.5. The number of benzene rings is 1. The molecule has 2 nitrogen and oxygen atoms in total. The molecule has 0 bridgehead atoms. The van der Waals surface area contributed by atoms with E-state index in [-0.39, 0.29) is 5.82 Å². The standard InChI is InChI=1S/C11H12ClFO2S/c1-11(2,10(14)15)6-16-9-5-7(12)3-4-8(9)13/h3-5H,6H2,1-2H3,(H,14,15). The van der Waals surface area contributed by atoms with Gasteiger partial charge in [-0.15, -0.1) is 11.8 Å². The van der Waals surface area contributed by atoms with Crippen molar-refractivity contribution in [3.63, 3.8) is 0 Å². The van der Waals surface area contributed by atoms with Gasteiger partial charge in [-0.05, 0) is 32.0 Å². The fourth-order valence-electron chi connectivity index (χ4n) is 0.908. The number of rotatable bonds is 4. The molecule has 0 heterocycles. The van der Waals surface area contributed by atoms with Crippen molar-refractivity contribution in [2.75, 3.05) is 5.75 Å². The van der Waals surface area contributed by atoms with Crippen LogP contribution in [0, 0.1) is 11.2 Å². The SMILES string of the molecule is CC(C)(CSc1cc(Cl)ccc1F)C(=O)O. The Labute approximate surface area is 103 Å². The first-order valence-corrected chi connectivity index (χ1v) is 6.00. The maximum atomic E-state index is 13.3. The van der Waals surface area contributed by atoms with Crippen LogP contribution >= 0.6 is 23.4 Å². The normalized spacial score (nSPS) is 11.5. The summed E-state index contributed by atoms with van der Waals surface area (Å²) >= 11 is 6.89. The predicted octanol–water partition coefficient (Wildman–Crippen LogP) is 3.68. The van der Waals surface area contributed by atoms with E-state index in [1.54, 1.807) is 13.8 Å². The molecule has 0 fully saturated rings. The first-order chi connectivity index (χ1) is 7.33. The van der Waals surface area contributed by atoms with Crippen LogP contribution in [0.5, 0.6) is 0 Å². The summed E-state index contributed by atoms with van der Waals surface area (Å²) in [5.74, 6) is -0.988. The molecule has 0 saturated carbocycles. The minimum Gasteiger partial charge on any atom is -0.481 e. The van der Waals surface area contributed by atoms with E-state index >= 15 is 0 Å². The van der Waals surface area contributed by atoms with E-state index in [0.29, 0.717) is 15.7 Å². The largest absolute Gasteiger partial charge is 0.481 e. The van der Waals surface area contributed by atoms with E-state index in [0.717, 1.165) is 11.8 Å². The minimum atomic E-state index is -0.901. The van der Waals surface area contributed by atoms with Crippen LogP contribution in [-0.4, -0.2) is 16.8 Å². The van der Waals surface area contributed by atoms with Gasteiger partial charge in [-0.2, -0.15) is 0 Å². The van der Waals surface area contributed by atoms with Crippen LogP contribution in [0.2, 0.25) is 5.02 Å². The zero-order chi connectivity index (χ0) is 12.3. The molecule has 0 spiro atoms. The van der Waals surface area contributed by atoms with Crippen molar-refractivity contribution < 1.29 is 14.3 Å². The number of carbonyl (C=O) groups is 1. The highest BCUT2D eigenvalue weighted by molar-refractivity contribution is 7.99. The third kappa shape index (κ3) is 3.39. The van der Waals surface area contributed by atoms with Gasteiger partial charge < -0.3 is 5.11 Å². The lowest BCUT2D eigenvalue weighted by atomic mass is 9.97. The summed E-state index contributed by atoms with van der Waals surface area (Å²) in [6.07, 6.45) is 0. The number of hydrogen-bond donors (Lipinski definition) is 1. The average Bonchev–Trinajstić information content (AvgIpc) is 2.19. The second-order valence-electron chi connectivity index (χ2n) is 4.05. The van der Waals surface area contributed by atoms with Crippen LogP contribution in [0.1, 0.15) is 13.8 Å². The molecule has 0 unspecified atom stereocenters. The second-order valence-corrected chi connectivity index (χ2v) is 5.51. The van der Waals surface area contributed by atoms with Gasteiger partial charge in [-0.1, -0.05) is 11.6 Å². The topological polar surface area (TPSA) is 37.3 Å². The maximum absolute atomic E-state index is 13.3. The highest BCUT2D eigenvalue weighted by Gasteiger charge is 2.27. The molecule has 88 valence electrons. The summed E-state index contributed by atoms with van der Waals surface area (Å²) in [5.41, 5.74) is -0.889. The Balaban J connectivity index is 2.75. The van der Waals surface area contributed by atoms with Gasteiger partial charge in [0.25, 0.3) is 0 Å². The Morgan fingerprint density at radius 2 is 2.19 bits per heavy atom. The van der Waals surface area contributed by atoms with Crippen LogP contribution in [0.15, 0.2) is 23.1 Å². The highest BCUT2D eigenvalue weighted by Crippen LogP contribution is 2.31. The molecule has 0 aliphatic carbocycles. The molecule has 5 heteroatoms. The summed E-state index contributed by atoms with van der Waals surface area (Å²) < 4.78 is 13.3. The Morgan fingerprint density at radius 1 is 1.56 bits per heavy atom. The van der Waals surface area contributed by atoms with Gasteiger partial charge in [-0.25, -0.2) is 4.39 Å². The van der Waals surface area contributed by atoms with Crippen molar-refractivity contribution >= 4 is 29.3 Å². The Kier molecular flexibility index (Phi) is 4.21. The van der Waals surface area contributed by atoms with Crippen molar-refractivity contribution in [1.82, 2.24) is 0 Å². The summed E-state index contributed by atoms with van der Waals surface area (Å²) in [6, 6.07) is 4.24. The molecule has 0 aliphatic rings. The molecule has 1 N–H and O–H groups in total. The number of halogens is 2. The van der Waals surface area contributed by atoms with Crippen LogP contribution < -0.4 is 0 Å². The van der Waals surface area contributed by atoms with Crippen molar-refractivity contribution in [3.8, 4) is 0 Å². The lowest BCUT2D eigenvalue weighted by molar-refractivity contribution is -0.145. The summed E-state index contributed by atoms with van der Waals surface area (Å²) in [5, 5.41) is 9.35. The fraction of sp³-hybridized carbons (Fsp3) is 0.364.